The SMILES string of the molecule is O=C(c1cc(Cl)c2c(c1)OCCO2)N1CCN(Cc2ccncc2)CC1. The number of halogens is 1. The zero-order chi connectivity index (χ0) is 17.9. The highest BCUT2D eigenvalue weighted by molar-refractivity contribution is 6.32. The van der Waals surface area contributed by atoms with E-state index >= 15 is 0 Å². The number of piperazine rings is 1. The molecule has 0 atom stereocenters. The summed E-state index contributed by atoms with van der Waals surface area (Å²) in [7, 11) is 0. The fourth-order valence-corrected chi connectivity index (χ4v) is 3.54. The first kappa shape index (κ1) is 17.1. The minimum Gasteiger partial charge on any atom is -0.486 e. The van der Waals surface area contributed by atoms with Crippen molar-refractivity contribution in [1.82, 2.24) is 14.8 Å². The van der Waals surface area contributed by atoms with Crippen LogP contribution in [-0.2, 0) is 6.54 Å². The number of carbonyl (C=O) groups is 1. The third-order valence-electron chi connectivity index (χ3n) is 4.66. The molecule has 1 amide bonds. The summed E-state index contributed by atoms with van der Waals surface area (Å²) in [6.07, 6.45) is 3.61. The van der Waals surface area contributed by atoms with Crippen molar-refractivity contribution in [3.8, 4) is 11.5 Å². The smallest absolute Gasteiger partial charge is 0.254 e. The van der Waals surface area contributed by atoms with E-state index in [0.717, 1.165) is 19.6 Å². The standard InChI is InChI=1S/C19H20ClN3O3/c20-16-11-15(12-17-18(16)26-10-9-25-17)19(24)23-7-5-22(6-8-23)13-14-1-3-21-4-2-14/h1-4,11-12H,5-10,13H2. The van der Waals surface area contributed by atoms with Crippen LogP contribution in [0.1, 0.15) is 15.9 Å². The Morgan fingerprint density at radius 2 is 1.81 bits per heavy atom. The molecule has 0 unspecified atom stereocenters. The van der Waals surface area contributed by atoms with Gasteiger partial charge in [0.1, 0.15) is 13.2 Å². The minimum absolute atomic E-state index is 0.0209. The van der Waals surface area contributed by atoms with Gasteiger partial charge in [0, 0.05) is 50.7 Å². The van der Waals surface area contributed by atoms with Crippen LogP contribution in [0.4, 0.5) is 0 Å². The van der Waals surface area contributed by atoms with Crippen LogP contribution in [0.5, 0.6) is 11.5 Å². The molecule has 2 aliphatic heterocycles. The number of hydrogen-bond acceptors (Lipinski definition) is 5. The fraction of sp³-hybridized carbons (Fsp3) is 0.368. The van der Waals surface area contributed by atoms with Crippen LogP contribution in [0.3, 0.4) is 0 Å². The van der Waals surface area contributed by atoms with Gasteiger partial charge in [0.05, 0.1) is 5.02 Å². The predicted molar refractivity (Wildman–Crippen MR) is 97.9 cm³/mol. The average molecular weight is 374 g/mol. The highest BCUT2D eigenvalue weighted by Gasteiger charge is 2.25. The summed E-state index contributed by atoms with van der Waals surface area (Å²) >= 11 is 6.25. The largest absolute Gasteiger partial charge is 0.486 e. The molecule has 1 aromatic heterocycles. The number of aromatic nitrogens is 1. The van der Waals surface area contributed by atoms with Crippen LogP contribution in [0.25, 0.3) is 0 Å². The summed E-state index contributed by atoms with van der Waals surface area (Å²) in [5, 5.41) is 0.418. The molecule has 1 fully saturated rings. The van der Waals surface area contributed by atoms with Gasteiger partial charge in [0.2, 0.25) is 0 Å². The van der Waals surface area contributed by atoms with Crippen molar-refractivity contribution in [1.29, 1.82) is 0 Å². The number of carbonyl (C=O) groups excluding carboxylic acids is 1. The monoisotopic (exact) mass is 373 g/mol. The van der Waals surface area contributed by atoms with Gasteiger partial charge in [-0.25, -0.2) is 0 Å². The van der Waals surface area contributed by atoms with Crippen molar-refractivity contribution < 1.29 is 14.3 Å². The molecule has 0 N–H and O–H groups in total. The van der Waals surface area contributed by atoms with Gasteiger partial charge in [0.15, 0.2) is 11.5 Å². The van der Waals surface area contributed by atoms with Gasteiger partial charge in [0.25, 0.3) is 5.91 Å². The maximum atomic E-state index is 12.8. The summed E-state index contributed by atoms with van der Waals surface area (Å²) in [5.74, 6) is 1.05. The van der Waals surface area contributed by atoms with Crippen LogP contribution < -0.4 is 9.47 Å². The molecule has 0 radical (unpaired) electrons. The van der Waals surface area contributed by atoms with Crippen molar-refractivity contribution in [2.24, 2.45) is 0 Å². The summed E-state index contributed by atoms with van der Waals surface area (Å²) < 4.78 is 11.1. The molecule has 1 saturated heterocycles. The third-order valence-corrected chi connectivity index (χ3v) is 4.94. The zero-order valence-electron chi connectivity index (χ0n) is 14.4. The Bertz CT molecular complexity index is 792. The Morgan fingerprint density at radius 1 is 1.08 bits per heavy atom. The van der Waals surface area contributed by atoms with Gasteiger partial charge < -0.3 is 14.4 Å². The highest BCUT2D eigenvalue weighted by atomic mass is 35.5. The summed E-state index contributed by atoms with van der Waals surface area (Å²) in [6, 6.07) is 7.44. The highest BCUT2D eigenvalue weighted by Crippen LogP contribution is 2.38. The first-order valence-electron chi connectivity index (χ1n) is 8.70. The van der Waals surface area contributed by atoms with Gasteiger partial charge >= 0.3 is 0 Å². The number of hydrogen-bond donors (Lipinski definition) is 0. The first-order chi connectivity index (χ1) is 12.7. The molecule has 26 heavy (non-hydrogen) atoms. The zero-order valence-corrected chi connectivity index (χ0v) is 15.1. The second kappa shape index (κ2) is 7.51. The maximum absolute atomic E-state index is 12.8. The van der Waals surface area contributed by atoms with Crippen molar-refractivity contribution in [3.05, 3.63) is 52.8 Å². The van der Waals surface area contributed by atoms with E-state index in [2.05, 4.69) is 9.88 Å². The van der Waals surface area contributed by atoms with Gasteiger partial charge in [-0.3, -0.25) is 14.7 Å². The number of pyridine rings is 1. The van der Waals surface area contributed by atoms with Crippen molar-refractivity contribution >= 4 is 17.5 Å². The fourth-order valence-electron chi connectivity index (χ4n) is 3.27. The van der Waals surface area contributed by atoms with Gasteiger partial charge in [-0.15, -0.1) is 0 Å². The second-order valence-corrected chi connectivity index (χ2v) is 6.81. The summed E-state index contributed by atoms with van der Waals surface area (Å²) in [6.45, 7) is 4.87. The molecule has 6 nitrogen and oxygen atoms in total. The van der Waals surface area contributed by atoms with E-state index in [-0.39, 0.29) is 5.91 Å². The number of benzene rings is 1. The average Bonchev–Trinajstić information content (AvgIpc) is 2.69. The normalized spacial score (nSPS) is 17.2. The van der Waals surface area contributed by atoms with E-state index < -0.39 is 0 Å². The molecule has 0 aliphatic carbocycles. The number of fused-ring (bicyclic) bond motifs is 1. The van der Waals surface area contributed by atoms with Gasteiger partial charge in [-0.2, -0.15) is 0 Å². The number of nitrogens with zero attached hydrogens (tertiary/aromatic N) is 3. The molecule has 0 saturated carbocycles. The Balaban J connectivity index is 1.40. The number of ether oxygens (including phenoxy) is 2. The second-order valence-electron chi connectivity index (χ2n) is 6.41. The van der Waals surface area contributed by atoms with Crippen LogP contribution in [0.2, 0.25) is 5.02 Å². The lowest BCUT2D eigenvalue weighted by molar-refractivity contribution is 0.0627. The Kier molecular flexibility index (Phi) is 4.95. The minimum atomic E-state index is -0.0209. The predicted octanol–water partition coefficient (Wildman–Crippen LogP) is 2.46. The molecule has 136 valence electrons. The molecular weight excluding hydrogens is 354 g/mol. The third kappa shape index (κ3) is 3.61. The lowest BCUT2D eigenvalue weighted by Crippen LogP contribution is -2.48. The summed E-state index contributed by atoms with van der Waals surface area (Å²) in [5.41, 5.74) is 1.78. The lowest BCUT2D eigenvalue weighted by atomic mass is 10.1. The number of rotatable bonds is 3. The molecule has 1 aromatic carbocycles. The van der Waals surface area contributed by atoms with E-state index in [4.69, 9.17) is 21.1 Å². The molecular formula is C19H20ClN3O3. The van der Waals surface area contributed by atoms with E-state index in [1.54, 1.807) is 24.5 Å². The van der Waals surface area contributed by atoms with Crippen molar-refractivity contribution in [2.75, 3.05) is 39.4 Å². The molecule has 3 heterocycles. The van der Waals surface area contributed by atoms with Crippen LogP contribution in [0.15, 0.2) is 36.7 Å². The Hall–Kier alpha value is -2.31. The molecule has 7 heteroatoms. The Labute approximate surface area is 157 Å². The topological polar surface area (TPSA) is 54.9 Å². The van der Waals surface area contributed by atoms with E-state index in [9.17, 15) is 4.79 Å². The van der Waals surface area contributed by atoms with Crippen molar-refractivity contribution in [3.63, 3.8) is 0 Å². The summed E-state index contributed by atoms with van der Waals surface area (Å²) in [4.78, 5) is 21.1. The van der Waals surface area contributed by atoms with E-state index in [1.165, 1.54) is 5.56 Å². The van der Waals surface area contributed by atoms with Gasteiger partial charge in [-0.05, 0) is 29.8 Å². The van der Waals surface area contributed by atoms with Crippen LogP contribution >= 0.6 is 11.6 Å². The van der Waals surface area contributed by atoms with Crippen molar-refractivity contribution in [2.45, 2.75) is 6.54 Å². The lowest BCUT2D eigenvalue weighted by Gasteiger charge is -2.35. The Morgan fingerprint density at radius 3 is 2.58 bits per heavy atom. The van der Waals surface area contributed by atoms with Gasteiger partial charge in [-0.1, -0.05) is 11.6 Å². The molecule has 2 aromatic rings. The van der Waals surface area contributed by atoms with Crippen LogP contribution in [0, 0.1) is 0 Å². The van der Waals surface area contributed by atoms with E-state index in [0.29, 0.717) is 48.4 Å². The maximum Gasteiger partial charge on any atom is 0.254 e. The quantitative estimate of drug-likeness (QED) is 0.827. The molecule has 0 spiro atoms. The molecule has 0 bridgehead atoms. The molecule has 2 aliphatic rings. The van der Waals surface area contributed by atoms with Crippen LogP contribution in [-0.4, -0.2) is 60.1 Å². The first-order valence-corrected chi connectivity index (χ1v) is 9.08. The number of amides is 1. The van der Waals surface area contributed by atoms with E-state index in [1.807, 2.05) is 17.0 Å². The molecule has 4 rings (SSSR count).